The van der Waals surface area contributed by atoms with E-state index in [1.807, 2.05) is 6.07 Å². The summed E-state index contributed by atoms with van der Waals surface area (Å²) in [6.45, 7) is 0.531. The SMILES string of the molecule is CO[C@@]12CC[C@H](O)C[C@@H]1N(C(=O)Cn1cnc3ccccc3c1=O)CC2. The van der Waals surface area contributed by atoms with E-state index in [4.69, 9.17) is 4.74 Å². The largest absolute Gasteiger partial charge is 0.393 e. The number of aliphatic hydroxyl groups excluding tert-OH is 1. The van der Waals surface area contributed by atoms with E-state index >= 15 is 0 Å². The molecule has 1 amide bonds. The van der Waals surface area contributed by atoms with Crippen molar-refractivity contribution in [2.75, 3.05) is 13.7 Å². The molecule has 2 aliphatic rings. The molecule has 2 aromatic rings. The normalized spacial score (nSPS) is 28.3. The van der Waals surface area contributed by atoms with E-state index < -0.39 is 6.10 Å². The predicted molar refractivity (Wildman–Crippen MR) is 95.7 cm³/mol. The van der Waals surface area contributed by atoms with E-state index in [0.717, 1.165) is 12.8 Å². The fraction of sp³-hybridized carbons (Fsp3) is 0.526. The summed E-state index contributed by atoms with van der Waals surface area (Å²) in [4.78, 5) is 31.6. The zero-order valence-corrected chi connectivity index (χ0v) is 14.8. The first kappa shape index (κ1) is 17.2. The molecule has 26 heavy (non-hydrogen) atoms. The Hall–Kier alpha value is -2.25. The summed E-state index contributed by atoms with van der Waals surface area (Å²) < 4.78 is 7.14. The molecule has 0 bridgehead atoms. The number of fused-ring (bicyclic) bond motifs is 2. The van der Waals surface area contributed by atoms with Crippen LogP contribution in [0.1, 0.15) is 25.7 Å². The number of carbonyl (C=O) groups excluding carboxylic acids is 1. The van der Waals surface area contributed by atoms with E-state index in [-0.39, 0.29) is 29.7 Å². The Morgan fingerprint density at radius 1 is 1.38 bits per heavy atom. The van der Waals surface area contributed by atoms with E-state index in [9.17, 15) is 14.7 Å². The Morgan fingerprint density at radius 2 is 2.19 bits per heavy atom. The number of rotatable bonds is 3. The number of ether oxygens (including phenoxy) is 1. The van der Waals surface area contributed by atoms with Crippen LogP contribution >= 0.6 is 0 Å². The highest BCUT2D eigenvalue weighted by Gasteiger charge is 2.52. The standard InChI is InChI=1S/C19H23N3O4/c1-26-19-7-6-13(23)10-16(19)22(9-8-19)17(24)11-21-12-20-15-5-3-2-4-14(15)18(21)25/h2-5,12-13,16,23H,6-11H2,1H3/t13-,16-,19+/m0/s1. The van der Waals surface area contributed by atoms with Gasteiger partial charge in [0.05, 0.1) is 35.0 Å². The Morgan fingerprint density at radius 3 is 3.00 bits per heavy atom. The zero-order chi connectivity index (χ0) is 18.3. The highest BCUT2D eigenvalue weighted by atomic mass is 16.5. The fourth-order valence-electron chi connectivity index (χ4n) is 4.43. The van der Waals surface area contributed by atoms with Crippen LogP contribution in [0.5, 0.6) is 0 Å². The Balaban J connectivity index is 1.59. The van der Waals surface area contributed by atoms with Crippen molar-refractivity contribution < 1.29 is 14.6 Å². The van der Waals surface area contributed by atoms with Gasteiger partial charge < -0.3 is 14.7 Å². The van der Waals surface area contributed by atoms with Gasteiger partial charge in [0.1, 0.15) is 6.54 Å². The van der Waals surface area contributed by atoms with E-state index in [2.05, 4.69) is 4.98 Å². The number of nitrogens with zero attached hydrogens (tertiary/aromatic N) is 3. The van der Waals surface area contributed by atoms with Gasteiger partial charge in [0.15, 0.2) is 0 Å². The van der Waals surface area contributed by atoms with Crippen LogP contribution in [0, 0.1) is 0 Å². The van der Waals surface area contributed by atoms with E-state index in [1.54, 1.807) is 30.2 Å². The van der Waals surface area contributed by atoms with Crippen LogP contribution in [-0.2, 0) is 16.1 Å². The minimum absolute atomic E-state index is 0.0525. The quantitative estimate of drug-likeness (QED) is 0.883. The molecule has 0 spiro atoms. The molecule has 3 atom stereocenters. The van der Waals surface area contributed by atoms with Gasteiger partial charge in [-0.05, 0) is 37.8 Å². The summed E-state index contributed by atoms with van der Waals surface area (Å²) in [7, 11) is 1.68. The van der Waals surface area contributed by atoms with Gasteiger partial charge in [0.25, 0.3) is 5.56 Å². The molecule has 2 fully saturated rings. The number of amides is 1. The molecule has 1 aliphatic carbocycles. The second kappa shape index (κ2) is 6.48. The molecule has 0 radical (unpaired) electrons. The lowest BCUT2D eigenvalue weighted by molar-refractivity contribution is -0.140. The molecule has 0 unspecified atom stereocenters. The predicted octanol–water partition coefficient (Wildman–Crippen LogP) is 0.927. The summed E-state index contributed by atoms with van der Waals surface area (Å²) in [6, 6.07) is 6.96. The zero-order valence-electron chi connectivity index (χ0n) is 14.8. The summed E-state index contributed by atoms with van der Waals surface area (Å²) >= 11 is 0. The molecule has 1 saturated carbocycles. The summed E-state index contributed by atoms with van der Waals surface area (Å²) in [6.07, 6.45) is 3.73. The van der Waals surface area contributed by atoms with Gasteiger partial charge >= 0.3 is 0 Å². The third-order valence-electron chi connectivity index (χ3n) is 5.92. The second-order valence-corrected chi connectivity index (χ2v) is 7.24. The maximum atomic E-state index is 12.9. The maximum absolute atomic E-state index is 12.9. The van der Waals surface area contributed by atoms with Crippen molar-refractivity contribution in [1.82, 2.24) is 14.5 Å². The van der Waals surface area contributed by atoms with Crippen molar-refractivity contribution in [3.05, 3.63) is 40.9 Å². The number of methoxy groups -OCH3 is 1. The van der Waals surface area contributed by atoms with Crippen molar-refractivity contribution in [2.45, 2.75) is 50.0 Å². The number of benzene rings is 1. The highest BCUT2D eigenvalue weighted by Crippen LogP contribution is 2.42. The van der Waals surface area contributed by atoms with Crippen LogP contribution in [0.25, 0.3) is 10.9 Å². The number of aliphatic hydroxyl groups is 1. The number of hydrogen-bond donors (Lipinski definition) is 1. The minimum Gasteiger partial charge on any atom is -0.393 e. The van der Waals surface area contributed by atoms with Gasteiger partial charge in [-0.25, -0.2) is 4.98 Å². The summed E-state index contributed by atoms with van der Waals surface area (Å²) in [5, 5.41) is 10.6. The third kappa shape index (κ3) is 2.71. The van der Waals surface area contributed by atoms with Gasteiger partial charge in [-0.15, -0.1) is 0 Å². The number of carbonyl (C=O) groups is 1. The molecule has 1 N–H and O–H groups in total. The lowest BCUT2D eigenvalue weighted by atomic mass is 9.79. The molecular weight excluding hydrogens is 334 g/mol. The highest BCUT2D eigenvalue weighted by molar-refractivity contribution is 5.79. The molecule has 2 heterocycles. The summed E-state index contributed by atoms with van der Waals surface area (Å²) in [5.41, 5.74) is 0.0302. The average Bonchev–Trinajstić information content (AvgIpc) is 3.03. The Bertz CT molecular complexity index is 896. The van der Waals surface area contributed by atoms with Crippen LogP contribution in [0.3, 0.4) is 0 Å². The van der Waals surface area contributed by atoms with Crippen LogP contribution in [-0.4, -0.2) is 56.9 Å². The van der Waals surface area contributed by atoms with E-state index in [0.29, 0.717) is 30.3 Å². The lowest BCUT2D eigenvalue weighted by Crippen LogP contribution is -2.53. The Kier molecular flexibility index (Phi) is 4.28. The molecule has 7 heteroatoms. The number of para-hydroxylation sites is 1. The molecule has 138 valence electrons. The molecule has 1 aromatic heterocycles. The van der Waals surface area contributed by atoms with Gasteiger partial charge in [-0.1, -0.05) is 12.1 Å². The van der Waals surface area contributed by atoms with Gasteiger partial charge in [-0.2, -0.15) is 0 Å². The molecule has 1 saturated heterocycles. The first-order valence-corrected chi connectivity index (χ1v) is 9.01. The lowest BCUT2D eigenvalue weighted by Gasteiger charge is -2.42. The fourth-order valence-corrected chi connectivity index (χ4v) is 4.43. The first-order valence-electron chi connectivity index (χ1n) is 9.01. The monoisotopic (exact) mass is 357 g/mol. The van der Waals surface area contributed by atoms with Gasteiger partial charge in [0, 0.05) is 13.7 Å². The first-order chi connectivity index (χ1) is 12.5. The van der Waals surface area contributed by atoms with Gasteiger partial charge in [-0.3, -0.25) is 14.2 Å². The average molecular weight is 357 g/mol. The van der Waals surface area contributed by atoms with Crippen LogP contribution in [0.2, 0.25) is 0 Å². The van der Waals surface area contributed by atoms with Crippen molar-refractivity contribution >= 4 is 16.8 Å². The van der Waals surface area contributed by atoms with Crippen molar-refractivity contribution in [2.24, 2.45) is 0 Å². The van der Waals surface area contributed by atoms with Crippen molar-refractivity contribution in [3.63, 3.8) is 0 Å². The van der Waals surface area contributed by atoms with Crippen LogP contribution < -0.4 is 5.56 Å². The molecule has 7 nitrogen and oxygen atoms in total. The molecular formula is C19H23N3O4. The molecule has 1 aromatic carbocycles. The molecule has 1 aliphatic heterocycles. The summed E-state index contributed by atoms with van der Waals surface area (Å²) in [5.74, 6) is -0.137. The smallest absolute Gasteiger partial charge is 0.261 e. The van der Waals surface area contributed by atoms with Crippen LogP contribution in [0.15, 0.2) is 35.4 Å². The topological polar surface area (TPSA) is 84.7 Å². The maximum Gasteiger partial charge on any atom is 0.261 e. The number of likely N-dealkylation sites (tertiary alicyclic amines) is 1. The Labute approximate surface area is 151 Å². The van der Waals surface area contributed by atoms with Gasteiger partial charge in [0.2, 0.25) is 5.91 Å². The number of hydrogen-bond acceptors (Lipinski definition) is 5. The third-order valence-corrected chi connectivity index (χ3v) is 5.92. The molecule has 4 rings (SSSR count). The van der Waals surface area contributed by atoms with Crippen molar-refractivity contribution in [1.29, 1.82) is 0 Å². The second-order valence-electron chi connectivity index (χ2n) is 7.24. The van der Waals surface area contributed by atoms with Crippen molar-refractivity contribution in [3.8, 4) is 0 Å². The van der Waals surface area contributed by atoms with Crippen LogP contribution in [0.4, 0.5) is 0 Å². The number of aromatic nitrogens is 2. The van der Waals surface area contributed by atoms with E-state index in [1.165, 1.54) is 10.9 Å². The minimum atomic E-state index is -0.415.